The average Bonchev–Trinajstić information content (AvgIpc) is 1.88. The SMILES string of the molecule is [B]Cc1c(C)cccc1C. The van der Waals surface area contributed by atoms with Crippen LogP contribution in [-0.2, 0) is 6.32 Å². The zero-order chi connectivity index (χ0) is 7.56. The molecular formula is C9H11B. The third-order valence-electron chi connectivity index (χ3n) is 1.85. The summed E-state index contributed by atoms with van der Waals surface area (Å²) in [5, 5.41) is 0. The van der Waals surface area contributed by atoms with Crippen molar-refractivity contribution in [2.45, 2.75) is 20.2 Å². The van der Waals surface area contributed by atoms with Gasteiger partial charge in [-0.15, -0.1) is 0 Å². The first-order chi connectivity index (χ1) is 4.75. The normalized spacial score (nSPS) is 9.80. The van der Waals surface area contributed by atoms with Crippen LogP contribution in [0.25, 0.3) is 0 Å². The molecule has 2 radical (unpaired) electrons. The first-order valence-corrected chi connectivity index (χ1v) is 3.51. The lowest BCUT2D eigenvalue weighted by molar-refractivity contribution is 1.23. The van der Waals surface area contributed by atoms with Crippen LogP contribution in [0.1, 0.15) is 16.7 Å². The molecule has 1 aromatic rings. The minimum atomic E-state index is 0.651. The van der Waals surface area contributed by atoms with Gasteiger partial charge in [0.15, 0.2) is 0 Å². The van der Waals surface area contributed by atoms with Crippen molar-refractivity contribution in [2.24, 2.45) is 0 Å². The van der Waals surface area contributed by atoms with Crippen molar-refractivity contribution in [3.05, 3.63) is 34.9 Å². The molecule has 10 heavy (non-hydrogen) atoms. The van der Waals surface area contributed by atoms with E-state index in [0.29, 0.717) is 6.32 Å². The van der Waals surface area contributed by atoms with Crippen LogP contribution < -0.4 is 0 Å². The molecule has 0 aromatic heterocycles. The zero-order valence-corrected chi connectivity index (χ0v) is 6.52. The summed E-state index contributed by atoms with van der Waals surface area (Å²) in [5.74, 6) is 0. The highest BCUT2D eigenvalue weighted by Gasteiger charge is 1.96. The van der Waals surface area contributed by atoms with Gasteiger partial charge in [0.05, 0.1) is 7.85 Å². The fraction of sp³-hybridized carbons (Fsp3) is 0.333. The number of rotatable bonds is 1. The van der Waals surface area contributed by atoms with Crippen LogP contribution in [0.2, 0.25) is 0 Å². The highest BCUT2D eigenvalue weighted by Crippen LogP contribution is 2.11. The third kappa shape index (κ3) is 1.23. The van der Waals surface area contributed by atoms with Gasteiger partial charge in [-0.3, -0.25) is 0 Å². The summed E-state index contributed by atoms with van der Waals surface area (Å²) in [7, 11) is 5.55. The Morgan fingerprint density at radius 2 is 1.70 bits per heavy atom. The molecule has 0 saturated heterocycles. The predicted molar refractivity (Wildman–Crippen MR) is 45.4 cm³/mol. The molecule has 0 bridgehead atoms. The molecule has 0 aliphatic rings. The highest BCUT2D eigenvalue weighted by molar-refractivity contribution is 6.08. The summed E-state index contributed by atoms with van der Waals surface area (Å²) in [6.07, 6.45) is 0.651. The van der Waals surface area contributed by atoms with E-state index < -0.39 is 0 Å². The summed E-state index contributed by atoms with van der Waals surface area (Å²) in [6, 6.07) is 6.24. The van der Waals surface area contributed by atoms with Gasteiger partial charge < -0.3 is 0 Å². The number of benzene rings is 1. The van der Waals surface area contributed by atoms with E-state index >= 15 is 0 Å². The molecular weight excluding hydrogens is 119 g/mol. The Morgan fingerprint density at radius 3 is 2.00 bits per heavy atom. The summed E-state index contributed by atoms with van der Waals surface area (Å²) < 4.78 is 0. The van der Waals surface area contributed by atoms with Gasteiger partial charge in [0.1, 0.15) is 0 Å². The van der Waals surface area contributed by atoms with Crippen LogP contribution >= 0.6 is 0 Å². The molecule has 0 amide bonds. The van der Waals surface area contributed by atoms with E-state index in [0.717, 1.165) is 0 Å². The van der Waals surface area contributed by atoms with Crippen molar-refractivity contribution in [2.75, 3.05) is 0 Å². The lowest BCUT2D eigenvalue weighted by Crippen LogP contribution is -1.91. The molecule has 0 nitrogen and oxygen atoms in total. The number of aryl methyl sites for hydroxylation is 2. The smallest absolute Gasteiger partial charge is 0.0638 e. The molecule has 1 heteroatoms. The second-order valence-corrected chi connectivity index (χ2v) is 2.57. The predicted octanol–water partition coefficient (Wildman–Crippen LogP) is 1.97. The van der Waals surface area contributed by atoms with Crippen LogP contribution in [0.15, 0.2) is 18.2 Å². The van der Waals surface area contributed by atoms with Crippen molar-refractivity contribution in [1.29, 1.82) is 0 Å². The van der Waals surface area contributed by atoms with Crippen LogP contribution in [0.4, 0.5) is 0 Å². The minimum Gasteiger partial charge on any atom is -0.0638 e. The second-order valence-electron chi connectivity index (χ2n) is 2.57. The van der Waals surface area contributed by atoms with E-state index in [1.54, 1.807) is 0 Å². The van der Waals surface area contributed by atoms with Gasteiger partial charge in [-0.25, -0.2) is 0 Å². The summed E-state index contributed by atoms with van der Waals surface area (Å²) in [4.78, 5) is 0. The summed E-state index contributed by atoms with van der Waals surface area (Å²) >= 11 is 0. The standard InChI is InChI=1S/C9H11B/c1-7-4-3-5-8(2)9(7)6-10/h3-5H,6H2,1-2H3. The van der Waals surface area contributed by atoms with Gasteiger partial charge in [0.25, 0.3) is 0 Å². The third-order valence-corrected chi connectivity index (χ3v) is 1.85. The van der Waals surface area contributed by atoms with E-state index in [1.165, 1.54) is 16.7 Å². The van der Waals surface area contributed by atoms with Gasteiger partial charge in [0.2, 0.25) is 0 Å². The van der Waals surface area contributed by atoms with E-state index in [2.05, 4.69) is 32.0 Å². The van der Waals surface area contributed by atoms with E-state index in [1.807, 2.05) is 0 Å². The Labute approximate surface area is 63.7 Å². The lowest BCUT2D eigenvalue weighted by Gasteiger charge is -2.05. The van der Waals surface area contributed by atoms with Crippen molar-refractivity contribution < 1.29 is 0 Å². The molecule has 0 aliphatic heterocycles. The molecule has 50 valence electrons. The van der Waals surface area contributed by atoms with Gasteiger partial charge in [-0.2, -0.15) is 0 Å². The Morgan fingerprint density at radius 1 is 1.20 bits per heavy atom. The molecule has 0 heterocycles. The molecule has 1 aromatic carbocycles. The Hall–Kier alpha value is -0.715. The molecule has 0 aliphatic carbocycles. The van der Waals surface area contributed by atoms with Crippen molar-refractivity contribution in [3.63, 3.8) is 0 Å². The quantitative estimate of drug-likeness (QED) is 0.509. The maximum absolute atomic E-state index is 5.55. The monoisotopic (exact) mass is 130 g/mol. The molecule has 0 atom stereocenters. The first-order valence-electron chi connectivity index (χ1n) is 3.51. The topological polar surface area (TPSA) is 0 Å². The summed E-state index contributed by atoms with van der Waals surface area (Å²) in [5.41, 5.74) is 3.87. The Bertz CT molecular complexity index is 208. The van der Waals surface area contributed by atoms with Gasteiger partial charge in [-0.05, 0) is 25.0 Å². The van der Waals surface area contributed by atoms with Crippen LogP contribution in [0.5, 0.6) is 0 Å². The first kappa shape index (κ1) is 7.39. The van der Waals surface area contributed by atoms with Crippen molar-refractivity contribution >= 4 is 7.85 Å². The Kier molecular flexibility index (Phi) is 2.15. The van der Waals surface area contributed by atoms with Crippen LogP contribution in [0, 0.1) is 13.8 Å². The largest absolute Gasteiger partial charge is 0.0716 e. The zero-order valence-electron chi connectivity index (χ0n) is 6.52. The fourth-order valence-electron chi connectivity index (χ4n) is 1.17. The van der Waals surface area contributed by atoms with Gasteiger partial charge in [0, 0.05) is 0 Å². The highest BCUT2D eigenvalue weighted by atomic mass is 14.0. The molecule has 0 spiro atoms. The molecule has 1 rings (SSSR count). The average molecular weight is 130 g/mol. The van der Waals surface area contributed by atoms with Crippen LogP contribution in [0.3, 0.4) is 0 Å². The van der Waals surface area contributed by atoms with Gasteiger partial charge >= 0.3 is 0 Å². The molecule has 0 fully saturated rings. The number of hydrogen-bond donors (Lipinski definition) is 0. The van der Waals surface area contributed by atoms with E-state index in [-0.39, 0.29) is 0 Å². The lowest BCUT2D eigenvalue weighted by atomic mass is 9.90. The minimum absolute atomic E-state index is 0.651. The summed E-state index contributed by atoms with van der Waals surface area (Å²) in [6.45, 7) is 4.18. The Balaban J connectivity index is 3.17. The number of hydrogen-bond acceptors (Lipinski definition) is 0. The van der Waals surface area contributed by atoms with Crippen molar-refractivity contribution in [3.8, 4) is 0 Å². The maximum atomic E-state index is 5.55. The fourth-order valence-corrected chi connectivity index (χ4v) is 1.17. The van der Waals surface area contributed by atoms with Crippen LogP contribution in [-0.4, -0.2) is 7.85 Å². The molecule has 0 saturated carbocycles. The van der Waals surface area contributed by atoms with E-state index in [9.17, 15) is 0 Å². The molecule has 0 N–H and O–H groups in total. The van der Waals surface area contributed by atoms with E-state index in [4.69, 9.17) is 7.85 Å². The van der Waals surface area contributed by atoms with Crippen molar-refractivity contribution in [1.82, 2.24) is 0 Å². The van der Waals surface area contributed by atoms with Gasteiger partial charge in [-0.1, -0.05) is 30.1 Å². The maximum Gasteiger partial charge on any atom is 0.0716 e. The second kappa shape index (κ2) is 2.91. The molecule has 0 unspecified atom stereocenters.